The molecule has 3 nitrogen and oxygen atoms in total. The SMILES string of the molecule is C/C(=C\C(=O)C(F)(F)F)N[C@@H](CO)c1ccccc1. The second-order valence-electron chi connectivity index (χ2n) is 3.98. The molecular weight excluding hydrogens is 259 g/mol. The lowest BCUT2D eigenvalue weighted by atomic mass is 10.1. The maximum Gasteiger partial charge on any atom is 0.454 e. The van der Waals surface area contributed by atoms with Gasteiger partial charge in [0.25, 0.3) is 5.78 Å². The van der Waals surface area contributed by atoms with E-state index < -0.39 is 18.0 Å². The summed E-state index contributed by atoms with van der Waals surface area (Å²) >= 11 is 0. The third-order valence-corrected chi connectivity index (χ3v) is 2.41. The maximum atomic E-state index is 12.1. The zero-order valence-corrected chi connectivity index (χ0v) is 10.2. The molecule has 0 spiro atoms. The number of nitrogens with one attached hydrogen (secondary N) is 1. The first-order chi connectivity index (χ1) is 8.84. The summed E-state index contributed by atoms with van der Waals surface area (Å²) in [4.78, 5) is 10.8. The number of ketones is 1. The van der Waals surface area contributed by atoms with Crippen molar-refractivity contribution in [3.8, 4) is 0 Å². The number of benzene rings is 1. The summed E-state index contributed by atoms with van der Waals surface area (Å²) in [5.41, 5.74) is 0.766. The van der Waals surface area contributed by atoms with E-state index in [0.29, 0.717) is 6.08 Å². The van der Waals surface area contributed by atoms with Gasteiger partial charge in [0.15, 0.2) is 0 Å². The van der Waals surface area contributed by atoms with E-state index in [2.05, 4.69) is 5.32 Å². The van der Waals surface area contributed by atoms with Crippen LogP contribution in [0.25, 0.3) is 0 Å². The summed E-state index contributed by atoms with van der Waals surface area (Å²) in [5, 5.41) is 11.9. The van der Waals surface area contributed by atoms with Crippen molar-refractivity contribution in [3.05, 3.63) is 47.7 Å². The molecule has 2 N–H and O–H groups in total. The molecule has 0 amide bonds. The second kappa shape index (κ2) is 6.38. The summed E-state index contributed by atoms with van der Waals surface area (Å²) in [7, 11) is 0. The minimum absolute atomic E-state index is 0.0465. The first-order valence-electron chi connectivity index (χ1n) is 5.56. The minimum Gasteiger partial charge on any atom is -0.394 e. The van der Waals surface area contributed by atoms with E-state index >= 15 is 0 Å². The zero-order valence-electron chi connectivity index (χ0n) is 10.2. The Balaban J connectivity index is 2.77. The molecule has 0 aliphatic heterocycles. The van der Waals surface area contributed by atoms with Crippen molar-refractivity contribution in [1.82, 2.24) is 5.32 Å². The molecule has 6 heteroatoms. The summed E-state index contributed by atoms with van der Waals surface area (Å²) in [6.45, 7) is 1.05. The highest BCUT2D eigenvalue weighted by molar-refractivity contribution is 5.94. The molecule has 0 saturated heterocycles. The largest absolute Gasteiger partial charge is 0.454 e. The van der Waals surface area contributed by atoms with Gasteiger partial charge in [0.2, 0.25) is 0 Å². The zero-order chi connectivity index (χ0) is 14.5. The molecule has 0 bridgehead atoms. The number of hydrogen-bond acceptors (Lipinski definition) is 3. The number of hydrogen-bond donors (Lipinski definition) is 2. The predicted octanol–water partition coefficient (Wildman–Crippen LogP) is 2.34. The molecule has 0 saturated carbocycles. The van der Waals surface area contributed by atoms with Gasteiger partial charge in [-0.1, -0.05) is 30.3 Å². The summed E-state index contributed by atoms with van der Waals surface area (Å²) in [6, 6.07) is 8.19. The molecule has 1 aromatic rings. The highest BCUT2D eigenvalue weighted by Crippen LogP contribution is 2.18. The van der Waals surface area contributed by atoms with Gasteiger partial charge in [-0.25, -0.2) is 0 Å². The van der Waals surface area contributed by atoms with Crippen molar-refractivity contribution in [3.63, 3.8) is 0 Å². The van der Waals surface area contributed by atoms with Crippen LogP contribution in [0.5, 0.6) is 0 Å². The summed E-state index contributed by atoms with van der Waals surface area (Å²) in [6.07, 6.45) is -4.41. The van der Waals surface area contributed by atoms with Crippen LogP contribution in [0.2, 0.25) is 0 Å². The Morgan fingerprint density at radius 2 is 1.95 bits per heavy atom. The van der Waals surface area contributed by atoms with Crippen LogP contribution in [0.1, 0.15) is 18.5 Å². The van der Waals surface area contributed by atoms with Gasteiger partial charge in [0, 0.05) is 11.8 Å². The number of rotatable bonds is 5. The molecule has 1 rings (SSSR count). The van der Waals surface area contributed by atoms with E-state index in [9.17, 15) is 23.1 Å². The van der Waals surface area contributed by atoms with Gasteiger partial charge in [-0.2, -0.15) is 13.2 Å². The summed E-state index contributed by atoms with van der Waals surface area (Å²) in [5.74, 6) is -1.93. The molecule has 0 fully saturated rings. The van der Waals surface area contributed by atoms with E-state index in [1.165, 1.54) is 6.92 Å². The van der Waals surface area contributed by atoms with Gasteiger partial charge in [-0.05, 0) is 12.5 Å². The highest BCUT2D eigenvalue weighted by atomic mass is 19.4. The van der Waals surface area contributed by atoms with Crippen LogP contribution in [-0.2, 0) is 4.79 Å². The number of carbonyl (C=O) groups excluding carboxylic acids is 1. The lowest BCUT2D eigenvalue weighted by Gasteiger charge is -2.18. The highest BCUT2D eigenvalue weighted by Gasteiger charge is 2.36. The fourth-order valence-electron chi connectivity index (χ4n) is 1.51. The number of aliphatic hydroxyl groups is 1. The van der Waals surface area contributed by atoms with Crippen LogP contribution in [0.15, 0.2) is 42.1 Å². The third kappa shape index (κ3) is 4.75. The topological polar surface area (TPSA) is 49.3 Å². The van der Waals surface area contributed by atoms with Crippen molar-refractivity contribution in [1.29, 1.82) is 0 Å². The molecule has 0 radical (unpaired) electrons. The first-order valence-corrected chi connectivity index (χ1v) is 5.56. The normalized spacial score (nSPS) is 14.1. The Morgan fingerprint density at radius 1 is 1.37 bits per heavy atom. The predicted molar refractivity (Wildman–Crippen MR) is 64.2 cm³/mol. The maximum absolute atomic E-state index is 12.1. The molecular formula is C13H14F3NO2. The van der Waals surface area contributed by atoms with Gasteiger partial charge < -0.3 is 10.4 Å². The van der Waals surface area contributed by atoms with E-state index in [0.717, 1.165) is 5.56 Å². The molecule has 0 aliphatic rings. The van der Waals surface area contributed by atoms with E-state index in [1.54, 1.807) is 30.3 Å². The van der Waals surface area contributed by atoms with E-state index in [4.69, 9.17) is 0 Å². The first kappa shape index (κ1) is 15.2. The van der Waals surface area contributed by atoms with Crippen LogP contribution in [0, 0.1) is 0 Å². The second-order valence-corrected chi connectivity index (χ2v) is 3.98. The van der Waals surface area contributed by atoms with Crippen molar-refractivity contribution in [2.45, 2.75) is 19.1 Å². The fraction of sp³-hybridized carbons (Fsp3) is 0.308. The van der Waals surface area contributed by atoms with Crippen LogP contribution in [0.3, 0.4) is 0 Å². The van der Waals surface area contributed by atoms with Crippen LogP contribution >= 0.6 is 0 Å². The lowest BCUT2D eigenvalue weighted by Crippen LogP contribution is -2.26. The van der Waals surface area contributed by atoms with Gasteiger partial charge in [-0.3, -0.25) is 4.79 Å². The van der Waals surface area contributed by atoms with Gasteiger partial charge >= 0.3 is 6.18 Å². The molecule has 1 aromatic carbocycles. The average molecular weight is 273 g/mol. The monoisotopic (exact) mass is 273 g/mol. The lowest BCUT2D eigenvalue weighted by molar-refractivity contribution is -0.165. The molecule has 104 valence electrons. The molecule has 0 aromatic heterocycles. The van der Waals surface area contributed by atoms with Crippen molar-refractivity contribution in [2.75, 3.05) is 6.61 Å². The molecule has 1 atom stereocenters. The quantitative estimate of drug-likeness (QED) is 0.810. The van der Waals surface area contributed by atoms with Crippen molar-refractivity contribution < 1.29 is 23.1 Å². The number of aliphatic hydroxyl groups excluding tert-OH is 1. The Hall–Kier alpha value is -1.82. The van der Waals surface area contributed by atoms with Crippen molar-refractivity contribution >= 4 is 5.78 Å². The molecule has 0 aliphatic carbocycles. The molecule has 0 heterocycles. The van der Waals surface area contributed by atoms with E-state index in [1.807, 2.05) is 0 Å². The Labute approximate surface area is 108 Å². The van der Waals surface area contributed by atoms with Crippen LogP contribution < -0.4 is 5.32 Å². The van der Waals surface area contributed by atoms with Gasteiger partial charge in [-0.15, -0.1) is 0 Å². The van der Waals surface area contributed by atoms with Gasteiger partial charge in [0.1, 0.15) is 0 Å². The molecule has 19 heavy (non-hydrogen) atoms. The third-order valence-electron chi connectivity index (χ3n) is 2.41. The number of halogens is 3. The smallest absolute Gasteiger partial charge is 0.394 e. The van der Waals surface area contributed by atoms with Crippen LogP contribution in [-0.4, -0.2) is 23.7 Å². The Morgan fingerprint density at radius 3 is 2.42 bits per heavy atom. The minimum atomic E-state index is -4.88. The number of alkyl halides is 3. The Bertz CT molecular complexity index is 455. The van der Waals surface area contributed by atoms with Crippen LogP contribution in [0.4, 0.5) is 13.2 Å². The van der Waals surface area contributed by atoms with E-state index in [-0.39, 0.29) is 12.3 Å². The summed E-state index contributed by atoms with van der Waals surface area (Å²) < 4.78 is 36.2. The van der Waals surface area contributed by atoms with Gasteiger partial charge in [0.05, 0.1) is 12.6 Å². The fourth-order valence-corrected chi connectivity index (χ4v) is 1.51. The van der Waals surface area contributed by atoms with Crippen molar-refractivity contribution in [2.24, 2.45) is 0 Å². The average Bonchev–Trinajstić information content (AvgIpc) is 2.35. The number of allylic oxidation sites excluding steroid dienone is 2. The number of carbonyl (C=O) groups is 1. The Kier molecular flexibility index (Phi) is 5.11. The standard InChI is InChI=1S/C13H14F3NO2/c1-9(7-12(19)13(14,15)16)17-11(8-18)10-5-3-2-4-6-10/h2-7,11,17-18H,8H2,1H3/b9-7+/t11-/m0/s1. The molecule has 0 unspecified atom stereocenters.